The van der Waals surface area contributed by atoms with Crippen molar-refractivity contribution in [3.63, 3.8) is 0 Å². The van der Waals surface area contributed by atoms with E-state index in [-0.39, 0.29) is 5.82 Å². The van der Waals surface area contributed by atoms with Crippen LogP contribution in [0.2, 0.25) is 0 Å². The molecule has 0 bridgehead atoms. The van der Waals surface area contributed by atoms with E-state index in [2.05, 4.69) is 18.8 Å². The Hall–Kier alpha value is -1.29. The number of aryl methyl sites for hydroxylation is 1. The van der Waals surface area contributed by atoms with Crippen molar-refractivity contribution in [2.24, 2.45) is 0 Å². The van der Waals surface area contributed by atoms with Crippen molar-refractivity contribution in [1.82, 2.24) is 0 Å². The van der Waals surface area contributed by atoms with E-state index >= 15 is 0 Å². The highest BCUT2D eigenvalue weighted by atomic mass is 19.1. The zero-order valence-corrected chi connectivity index (χ0v) is 8.89. The van der Waals surface area contributed by atoms with Gasteiger partial charge in [0.15, 0.2) is 0 Å². The Balaban J connectivity index is 2.83. The van der Waals surface area contributed by atoms with E-state index in [0.717, 1.165) is 12.0 Å². The Morgan fingerprint density at radius 3 is 2.71 bits per heavy atom. The molecule has 14 heavy (non-hydrogen) atoms. The molecule has 0 spiro atoms. The summed E-state index contributed by atoms with van der Waals surface area (Å²) in [7, 11) is 0. The summed E-state index contributed by atoms with van der Waals surface area (Å²) in [6.07, 6.45) is 0.835. The van der Waals surface area contributed by atoms with Crippen LogP contribution in [0.5, 0.6) is 0 Å². The Labute approximate surface area is 85.2 Å². The number of hydrogen-bond acceptors (Lipinski definition) is 0. The molecule has 1 heteroatoms. The summed E-state index contributed by atoms with van der Waals surface area (Å²) in [4.78, 5) is 0. The molecule has 0 nitrogen and oxygen atoms in total. The van der Waals surface area contributed by atoms with Crippen molar-refractivity contribution in [3.05, 3.63) is 35.1 Å². The van der Waals surface area contributed by atoms with Crippen LogP contribution in [0.1, 0.15) is 37.3 Å². The summed E-state index contributed by atoms with van der Waals surface area (Å²) < 4.78 is 13.0. The lowest BCUT2D eigenvalue weighted by Crippen LogP contribution is -1.94. The molecule has 0 saturated heterocycles. The minimum absolute atomic E-state index is 0.137. The second-order valence-corrected chi connectivity index (χ2v) is 3.54. The fourth-order valence-electron chi connectivity index (χ4n) is 1.35. The molecule has 1 aromatic carbocycles. The van der Waals surface area contributed by atoms with Gasteiger partial charge < -0.3 is 0 Å². The van der Waals surface area contributed by atoms with E-state index in [1.807, 2.05) is 19.1 Å². The number of rotatable bonds is 2. The van der Waals surface area contributed by atoms with Gasteiger partial charge >= 0.3 is 0 Å². The molecule has 74 valence electrons. The maximum Gasteiger partial charge on any atom is 0.126 e. The van der Waals surface area contributed by atoms with Gasteiger partial charge in [0.2, 0.25) is 0 Å². The van der Waals surface area contributed by atoms with E-state index in [9.17, 15) is 4.39 Å². The molecule has 0 radical (unpaired) electrons. The lowest BCUT2D eigenvalue weighted by atomic mass is 9.96. The summed E-state index contributed by atoms with van der Waals surface area (Å²) in [5.74, 6) is 6.15. The third kappa shape index (κ3) is 2.60. The zero-order valence-electron chi connectivity index (χ0n) is 8.89. The topological polar surface area (TPSA) is 0 Å². The SMILES string of the molecule is CC#CCC(C)c1ccc(F)c(C)c1. The van der Waals surface area contributed by atoms with E-state index < -0.39 is 0 Å². The zero-order chi connectivity index (χ0) is 10.6. The number of hydrogen-bond donors (Lipinski definition) is 0. The van der Waals surface area contributed by atoms with Gasteiger partial charge in [-0.2, -0.15) is 0 Å². The van der Waals surface area contributed by atoms with Gasteiger partial charge in [-0.05, 0) is 37.0 Å². The molecule has 1 aromatic rings. The van der Waals surface area contributed by atoms with Crippen LogP contribution in [0.15, 0.2) is 18.2 Å². The van der Waals surface area contributed by atoms with Crippen LogP contribution in [0, 0.1) is 24.6 Å². The molecule has 0 N–H and O–H groups in total. The van der Waals surface area contributed by atoms with Gasteiger partial charge in [-0.15, -0.1) is 11.8 Å². The Morgan fingerprint density at radius 1 is 1.43 bits per heavy atom. The predicted molar refractivity (Wildman–Crippen MR) is 57.6 cm³/mol. The minimum atomic E-state index is -0.137. The fraction of sp³-hybridized carbons (Fsp3) is 0.385. The molecule has 0 aliphatic heterocycles. The largest absolute Gasteiger partial charge is 0.207 e. The molecular formula is C13H15F. The van der Waals surface area contributed by atoms with Gasteiger partial charge in [0.25, 0.3) is 0 Å². The van der Waals surface area contributed by atoms with Crippen molar-refractivity contribution in [2.45, 2.75) is 33.1 Å². The van der Waals surface area contributed by atoms with E-state index in [1.165, 1.54) is 6.07 Å². The van der Waals surface area contributed by atoms with Crippen LogP contribution < -0.4 is 0 Å². The Kier molecular flexibility index (Phi) is 3.71. The molecule has 1 atom stereocenters. The van der Waals surface area contributed by atoms with Gasteiger partial charge in [-0.1, -0.05) is 19.1 Å². The van der Waals surface area contributed by atoms with E-state index in [1.54, 1.807) is 6.92 Å². The van der Waals surface area contributed by atoms with Crippen molar-refractivity contribution in [1.29, 1.82) is 0 Å². The fourth-order valence-corrected chi connectivity index (χ4v) is 1.35. The molecular weight excluding hydrogens is 175 g/mol. The highest BCUT2D eigenvalue weighted by Gasteiger charge is 2.05. The third-order valence-electron chi connectivity index (χ3n) is 2.34. The second-order valence-electron chi connectivity index (χ2n) is 3.54. The first-order chi connectivity index (χ1) is 6.65. The van der Waals surface area contributed by atoms with Gasteiger partial charge in [0.1, 0.15) is 5.82 Å². The maximum absolute atomic E-state index is 13.0. The number of halogens is 1. The molecule has 0 aliphatic rings. The first-order valence-electron chi connectivity index (χ1n) is 4.80. The van der Waals surface area contributed by atoms with Crippen LogP contribution >= 0.6 is 0 Å². The lowest BCUT2D eigenvalue weighted by molar-refractivity contribution is 0.616. The van der Waals surface area contributed by atoms with Crippen LogP contribution in [0.4, 0.5) is 4.39 Å². The van der Waals surface area contributed by atoms with Crippen LogP contribution in [0.25, 0.3) is 0 Å². The van der Waals surface area contributed by atoms with Crippen LogP contribution in [0.3, 0.4) is 0 Å². The average molecular weight is 190 g/mol. The summed E-state index contributed by atoms with van der Waals surface area (Å²) in [6.45, 7) is 5.73. The molecule has 1 rings (SSSR count). The summed E-state index contributed by atoms with van der Waals surface area (Å²) in [5.41, 5.74) is 1.87. The third-order valence-corrected chi connectivity index (χ3v) is 2.34. The molecule has 0 saturated carbocycles. The Morgan fingerprint density at radius 2 is 2.14 bits per heavy atom. The molecule has 1 unspecified atom stereocenters. The Bertz CT molecular complexity index is 369. The smallest absolute Gasteiger partial charge is 0.126 e. The molecule has 0 aliphatic carbocycles. The molecule has 0 amide bonds. The lowest BCUT2D eigenvalue weighted by Gasteiger charge is -2.09. The van der Waals surface area contributed by atoms with Crippen LogP contribution in [-0.2, 0) is 0 Å². The average Bonchev–Trinajstić information content (AvgIpc) is 2.18. The standard InChI is InChI=1S/C13H15F/c1-4-5-6-10(2)12-7-8-13(14)11(3)9-12/h7-10H,6H2,1-3H3. The molecule has 0 aromatic heterocycles. The molecule has 0 fully saturated rings. The maximum atomic E-state index is 13.0. The van der Waals surface area contributed by atoms with Gasteiger partial charge in [-0.3, -0.25) is 0 Å². The van der Waals surface area contributed by atoms with Gasteiger partial charge in [-0.25, -0.2) is 4.39 Å². The van der Waals surface area contributed by atoms with E-state index in [4.69, 9.17) is 0 Å². The quantitative estimate of drug-likeness (QED) is 0.624. The second kappa shape index (κ2) is 4.81. The normalized spacial score (nSPS) is 11.7. The monoisotopic (exact) mass is 190 g/mol. The summed E-state index contributed by atoms with van der Waals surface area (Å²) >= 11 is 0. The van der Waals surface area contributed by atoms with Crippen molar-refractivity contribution in [3.8, 4) is 11.8 Å². The minimum Gasteiger partial charge on any atom is -0.207 e. The summed E-state index contributed by atoms with van der Waals surface area (Å²) in [6, 6.07) is 5.27. The highest BCUT2D eigenvalue weighted by Crippen LogP contribution is 2.20. The highest BCUT2D eigenvalue weighted by molar-refractivity contribution is 5.27. The van der Waals surface area contributed by atoms with Crippen LogP contribution in [-0.4, -0.2) is 0 Å². The van der Waals surface area contributed by atoms with E-state index in [0.29, 0.717) is 11.5 Å². The van der Waals surface area contributed by atoms with Crippen molar-refractivity contribution in [2.75, 3.05) is 0 Å². The summed E-state index contributed by atoms with van der Waals surface area (Å²) in [5, 5.41) is 0. The first-order valence-corrected chi connectivity index (χ1v) is 4.80. The van der Waals surface area contributed by atoms with Crippen molar-refractivity contribution < 1.29 is 4.39 Å². The number of benzene rings is 1. The van der Waals surface area contributed by atoms with Gasteiger partial charge in [0.05, 0.1) is 0 Å². The van der Waals surface area contributed by atoms with Gasteiger partial charge in [0, 0.05) is 6.42 Å². The molecule has 0 heterocycles. The van der Waals surface area contributed by atoms with Crippen molar-refractivity contribution >= 4 is 0 Å². The predicted octanol–water partition coefficient (Wildman–Crippen LogP) is 3.65. The first kappa shape index (κ1) is 10.8.